The first-order valence-electron chi connectivity index (χ1n) is 43.5. The molecule has 0 unspecified atom stereocenters. The number of carboxylic acid groups (broad SMARTS) is 2. The molecule has 0 aliphatic carbocycles. The van der Waals surface area contributed by atoms with Crippen LogP contribution in [0.2, 0.25) is 0 Å². The van der Waals surface area contributed by atoms with E-state index in [1.807, 2.05) is 145 Å². The van der Waals surface area contributed by atoms with Gasteiger partial charge < -0.3 is 47.4 Å². The molecular formula is C110H84B2Co2N14O4S4. The molecule has 26 heteroatoms. The topological polar surface area (TPSA) is 213 Å². The normalized spacial score (nSPS) is 12.4. The summed E-state index contributed by atoms with van der Waals surface area (Å²) in [4.78, 5) is 28.5. The van der Waals surface area contributed by atoms with Crippen LogP contribution in [0.4, 0.5) is 0 Å². The quantitative estimate of drug-likeness (QED) is 0.0649. The average molecular weight is 1930 g/mol. The van der Waals surface area contributed by atoms with Crippen LogP contribution in [0.1, 0.15) is 25.0 Å². The second-order valence-electron chi connectivity index (χ2n) is 31.2. The summed E-state index contributed by atoms with van der Waals surface area (Å²) < 4.78 is 15.7. The molecule has 0 fully saturated rings. The van der Waals surface area contributed by atoms with Crippen LogP contribution in [0.5, 0.6) is 0 Å². The van der Waals surface area contributed by atoms with Crippen LogP contribution in [0, 0.1) is 0 Å². The van der Waals surface area contributed by atoms with Crippen LogP contribution in [0.15, 0.2) is 469 Å². The predicted molar refractivity (Wildman–Crippen MR) is 548 cm³/mol. The van der Waals surface area contributed by atoms with Crippen molar-refractivity contribution in [3.8, 4) is 135 Å². The Kier molecular flexibility index (Phi) is 31.5. The summed E-state index contributed by atoms with van der Waals surface area (Å²) in [6.45, 7) is 1.94. The molecule has 2 radical (unpaired) electrons. The van der Waals surface area contributed by atoms with Crippen molar-refractivity contribution >= 4 is 83.0 Å². The number of pyridine rings is 2. The van der Waals surface area contributed by atoms with Crippen molar-refractivity contribution in [3.05, 3.63) is 480 Å². The molecular weight excluding hydrogens is 1850 g/mol. The number of hydrogen-bond donors (Lipinski definition) is 0. The van der Waals surface area contributed by atoms with Gasteiger partial charge in [0.2, 0.25) is 0 Å². The van der Waals surface area contributed by atoms with Crippen molar-refractivity contribution in [2.75, 3.05) is 0 Å². The summed E-state index contributed by atoms with van der Waals surface area (Å²) in [6, 6.07) is 147. The van der Waals surface area contributed by atoms with Gasteiger partial charge in [-0.2, -0.15) is 0 Å². The molecule has 2 aliphatic rings. The van der Waals surface area contributed by atoms with Crippen LogP contribution < -0.4 is 10.2 Å². The average Bonchev–Trinajstić information content (AvgIpc) is 1.59. The van der Waals surface area contributed by atoms with E-state index in [2.05, 4.69) is 400 Å². The Morgan fingerprint density at radius 3 is 0.529 bits per heavy atom. The van der Waals surface area contributed by atoms with Crippen LogP contribution in [-0.2, 0) is 43.1 Å². The smallest absolute Gasteiger partial charge is 0.550 e. The Morgan fingerprint density at radius 1 is 0.228 bits per heavy atom. The summed E-state index contributed by atoms with van der Waals surface area (Å²) in [5, 5.41) is 55.1. The van der Waals surface area contributed by atoms with Gasteiger partial charge in [0.15, 0.2) is 0 Å². The number of carbonyl (C=O) groups excluding carboxylic acids is 2. The molecule has 0 amide bonds. The maximum Gasteiger partial charge on any atom is 2.00 e. The summed E-state index contributed by atoms with van der Waals surface area (Å²) in [5.41, 5.74) is 26.2. The molecule has 0 saturated heterocycles. The molecule has 0 N–H and O–H groups in total. The first kappa shape index (κ1) is 94.1. The number of aliphatic carboxylic acids is 2. The molecule has 2 aliphatic heterocycles. The van der Waals surface area contributed by atoms with Gasteiger partial charge in [0.05, 0.1) is 42.6 Å². The monoisotopic (exact) mass is 1930 g/mol. The fraction of sp³-hybridized carbons (Fsp3) is 0.0182. The van der Waals surface area contributed by atoms with Gasteiger partial charge in [-0.3, -0.25) is 9.97 Å². The zero-order chi connectivity index (χ0) is 91.3. The number of thioether (sulfide) groups is 4. The molecule has 8 aromatic heterocycles. The first-order chi connectivity index (χ1) is 66.0. The van der Waals surface area contributed by atoms with Crippen LogP contribution >= 0.6 is 47.0 Å². The van der Waals surface area contributed by atoms with Crippen LogP contribution in [-0.4, -0.2) is 94.3 Å². The van der Waals surface area contributed by atoms with Crippen molar-refractivity contribution in [3.63, 3.8) is 0 Å². The molecule has 0 atom stereocenters. The number of nitrogens with zero attached hydrogens (tertiary/aromatic N) is 14. The fourth-order valence-electron chi connectivity index (χ4n) is 16.1. The number of carboxylic acids is 2. The standard InChI is InChI=1S/2C45H34BN6.C16H10N2S4.2C2H4O2.2Co/c2*1-7-19-34(20-8-1)40-31-43(37-25-13-4-14-26-37)50(47-40)46(51-44(38-27-15-5-16-28-38)32-41(48-51)35-21-9-2-10-22-35)52-45(39-29-17-6-18-30-39)33-42(49-52)36-23-11-3-12-24-36;1-5-17-6-2-11(1)13-9-19-15(21-13)16-20-10-14(22-16)12-3-7-18-8-4-12;2*1-2(3)4;;/h2*1-33,46H;1-10H;2*1H3,(H,3,4);;/q2*-1;;;;2*+2/p-2/b;;16-15+;;;;. The van der Waals surface area contributed by atoms with Crippen molar-refractivity contribution in [2.24, 2.45) is 0 Å². The summed E-state index contributed by atoms with van der Waals surface area (Å²) in [6.07, 6.45) is 7.37. The molecule has 0 spiro atoms. The van der Waals surface area contributed by atoms with Gasteiger partial charge in [0.1, 0.15) is 0 Å². The minimum absolute atomic E-state index is 0. The predicted octanol–water partition coefficient (Wildman–Crippen LogP) is 23.2. The zero-order valence-electron chi connectivity index (χ0n) is 73.5. The van der Waals surface area contributed by atoms with Crippen LogP contribution in [0.25, 0.3) is 145 Å². The number of hydrogen-bond acceptors (Lipinski definition) is 16. The number of aromatic nitrogens is 14. The maximum atomic E-state index is 8.89. The minimum Gasteiger partial charge on any atom is -0.550 e. The SMILES string of the molecule is C1=C(c2ccncc2)S/C(=C2\SC=C(c3ccncc3)S2)S1.CC(=O)[O-].CC(=O)[O-].[Co+2].[Co+2].c1ccc(-c2cc(-c3ccccc3)n([BH-](n3nc(-c4ccccc4)cc3-c3ccccc3)n3nc(-c4ccccc4)cc3-c3ccccc3)n2)cc1.c1ccc(-c2cc(-c3ccccc3)n([BH-](n3nc(-c4ccccc4)cc3-c3ccccc3)n3nc(-c4ccccc4)cc3-c3ccccc3)n2)cc1. The van der Waals surface area contributed by atoms with Crippen molar-refractivity contribution in [1.29, 1.82) is 0 Å². The third-order valence-corrected chi connectivity index (χ3v) is 27.5. The van der Waals surface area contributed by atoms with Gasteiger partial charge in [-0.1, -0.05) is 411 Å². The van der Waals surface area contributed by atoms with Gasteiger partial charge >= 0.3 is 47.8 Å². The van der Waals surface area contributed by atoms with E-state index in [0.717, 1.165) is 149 Å². The van der Waals surface area contributed by atoms with Gasteiger partial charge in [-0.05, 0) is 130 Å². The van der Waals surface area contributed by atoms with E-state index in [4.69, 9.17) is 50.4 Å². The molecule has 18 nitrogen and oxygen atoms in total. The Hall–Kier alpha value is -15.1. The van der Waals surface area contributed by atoms with E-state index in [-0.39, 0.29) is 33.6 Å². The summed E-state index contributed by atoms with van der Waals surface area (Å²) >= 11 is 7.32. The minimum atomic E-state index is -1.96. The molecule has 136 heavy (non-hydrogen) atoms. The summed E-state index contributed by atoms with van der Waals surface area (Å²) in [7, 11) is -3.92. The van der Waals surface area contributed by atoms with Gasteiger partial charge in [-0.25, -0.2) is 30.6 Å². The zero-order valence-corrected chi connectivity index (χ0v) is 78.8. The number of benzene rings is 12. The Morgan fingerprint density at radius 2 is 0.375 bits per heavy atom. The third-order valence-electron chi connectivity index (χ3n) is 22.2. The van der Waals surface area contributed by atoms with E-state index in [9.17, 15) is 0 Å². The van der Waals surface area contributed by atoms with Crippen molar-refractivity contribution in [2.45, 2.75) is 13.8 Å². The molecule has 20 aromatic rings. The van der Waals surface area contributed by atoms with E-state index < -0.39 is 26.2 Å². The second-order valence-corrected chi connectivity index (χ2v) is 35.5. The van der Waals surface area contributed by atoms with Gasteiger partial charge in [0, 0.05) is 114 Å². The van der Waals surface area contributed by atoms with Crippen molar-refractivity contribution < 1.29 is 53.4 Å². The molecule has 0 bridgehead atoms. The van der Waals surface area contributed by atoms with Gasteiger partial charge in [0.25, 0.3) is 0 Å². The molecule has 12 aromatic carbocycles. The fourth-order valence-corrected chi connectivity index (χ4v) is 21.0. The van der Waals surface area contributed by atoms with E-state index in [1.165, 1.54) is 29.4 Å². The van der Waals surface area contributed by atoms with E-state index in [1.54, 1.807) is 0 Å². The number of rotatable bonds is 20. The largest absolute Gasteiger partial charge is 2.00 e. The molecule has 22 rings (SSSR count). The van der Waals surface area contributed by atoms with E-state index in [0.29, 0.717) is 0 Å². The first-order valence-corrected chi connectivity index (χ1v) is 46.9. The second kappa shape index (κ2) is 45.6. The number of carbonyl (C=O) groups is 2. The molecule has 10 heterocycles. The maximum absolute atomic E-state index is 8.89. The Bertz CT molecular complexity index is 6410. The van der Waals surface area contributed by atoms with E-state index >= 15 is 0 Å². The Labute approximate surface area is 826 Å². The summed E-state index contributed by atoms with van der Waals surface area (Å²) in [5.74, 6) is -2.17. The van der Waals surface area contributed by atoms with Crippen molar-refractivity contribution in [1.82, 2.24) is 68.1 Å². The molecule has 666 valence electrons. The van der Waals surface area contributed by atoms with Gasteiger partial charge in [-0.15, -0.1) is 0 Å². The molecule has 0 saturated carbocycles. The van der Waals surface area contributed by atoms with Crippen LogP contribution in [0.3, 0.4) is 0 Å². The third kappa shape index (κ3) is 22.5. The Balaban J connectivity index is 0.000000150.